The highest BCUT2D eigenvalue weighted by atomic mass is 16.3. The van der Waals surface area contributed by atoms with E-state index in [1.807, 2.05) is 0 Å². The molecule has 0 amide bonds. The second kappa shape index (κ2) is 12.7. The molecule has 3 nitrogen and oxygen atoms in total. The lowest BCUT2D eigenvalue weighted by molar-refractivity contribution is 0.559. The van der Waals surface area contributed by atoms with E-state index >= 15 is 0 Å². The number of rotatable bonds is 4. The van der Waals surface area contributed by atoms with E-state index < -0.39 is 0 Å². The van der Waals surface area contributed by atoms with Gasteiger partial charge in [-0.2, -0.15) is 0 Å². The lowest BCUT2D eigenvalue weighted by Gasteiger charge is -2.28. The van der Waals surface area contributed by atoms with Gasteiger partial charge < -0.3 is 13.9 Å². The molecule has 3 heteroatoms. The molecule has 0 fully saturated rings. The van der Waals surface area contributed by atoms with Crippen molar-refractivity contribution in [1.82, 2.24) is 4.57 Å². The Morgan fingerprint density at radius 2 is 0.984 bits per heavy atom. The lowest BCUT2D eigenvalue weighted by Crippen LogP contribution is -2.16. The van der Waals surface area contributed by atoms with E-state index in [4.69, 9.17) is 4.42 Å². The maximum absolute atomic E-state index is 7.07. The fourth-order valence-corrected chi connectivity index (χ4v) is 9.93. The SMILES string of the molecule is CC(C)(C)c1cc(C(C)(C)C)c2oc3c(N(c4ccccc4)c4ccc5cc6c(cc5c4)-c4cc5cc(-n7c8ccccc8c8ccccc87)ccc5cc4-6)cccc3c2c1. The van der Waals surface area contributed by atoms with Gasteiger partial charge in [-0.3, -0.25) is 0 Å². The van der Waals surface area contributed by atoms with Gasteiger partial charge in [-0.1, -0.05) is 126 Å². The second-order valence-electron chi connectivity index (χ2n) is 19.1. The van der Waals surface area contributed by atoms with E-state index in [1.54, 1.807) is 0 Å². The highest BCUT2D eigenvalue weighted by Crippen LogP contribution is 2.52. The molecule has 9 aromatic carbocycles. The maximum atomic E-state index is 7.07. The van der Waals surface area contributed by atoms with Gasteiger partial charge in [0.15, 0.2) is 5.58 Å². The van der Waals surface area contributed by atoms with Gasteiger partial charge in [0, 0.05) is 44.2 Å². The predicted molar refractivity (Wildman–Crippen MR) is 260 cm³/mol. The fourth-order valence-electron chi connectivity index (χ4n) is 9.93. The summed E-state index contributed by atoms with van der Waals surface area (Å²) in [6, 6.07) is 62.8. The summed E-state index contributed by atoms with van der Waals surface area (Å²) in [4.78, 5) is 2.36. The molecule has 2 heterocycles. The van der Waals surface area contributed by atoms with Gasteiger partial charge in [0.05, 0.1) is 16.7 Å². The first-order valence-electron chi connectivity index (χ1n) is 21.5. The van der Waals surface area contributed by atoms with Crippen LogP contribution >= 0.6 is 0 Å². The summed E-state index contributed by atoms with van der Waals surface area (Å²) < 4.78 is 9.48. The molecule has 61 heavy (non-hydrogen) atoms. The second-order valence-corrected chi connectivity index (χ2v) is 19.1. The van der Waals surface area contributed by atoms with Crippen LogP contribution in [-0.2, 0) is 10.8 Å². The Bertz CT molecular complexity index is 3550. The summed E-state index contributed by atoms with van der Waals surface area (Å²) in [6.07, 6.45) is 0. The van der Waals surface area contributed by atoms with Crippen LogP contribution < -0.4 is 4.90 Å². The summed E-state index contributed by atoms with van der Waals surface area (Å²) in [5.74, 6) is 0. The number of anilines is 3. The molecule has 294 valence electrons. The van der Waals surface area contributed by atoms with Crippen molar-refractivity contribution in [2.45, 2.75) is 52.4 Å². The van der Waals surface area contributed by atoms with Gasteiger partial charge in [0.1, 0.15) is 5.58 Å². The van der Waals surface area contributed by atoms with Gasteiger partial charge in [-0.15, -0.1) is 0 Å². The number of para-hydroxylation sites is 4. The van der Waals surface area contributed by atoms with Crippen LogP contribution in [0.1, 0.15) is 52.7 Å². The monoisotopic (exact) mass is 786 g/mol. The number of fused-ring (bicyclic) bond motifs is 12. The normalized spacial score (nSPS) is 12.8. The number of aromatic nitrogens is 1. The van der Waals surface area contributed by atoms with Crippen LogP contribution in [0.25, 0.3) is 93.2 Å². The lowest BCUT2D eigenvalue weighted by atomic mass is 9.78. The number of nitrogens with zero attached hydrogens (tertiary/aromatic N) is 2. The van der Waals surface area contributed by atoms with Gasteiger partial charge in [-0.05, 0) is 145 Å². The van der Waals surface area contributed by atoms with E-state index in [2.05, 4.69) is 221 Å². The Kier molecular flexibility index (Phi) is 7.46. The first-order valence-corrected chi connectivity index (χ1v) is 21.5. The first-order chi connectivity index (χ1) is 29.5. The Morgan fingerprint density at radius 3 is 1.62 bits per heavy atom. The summed E-state index contributed by atoms with van der Waals surface area (Å²) in [6.45, 7) is 13.7. The van der Waals surface area contributed by atoms with Crippen molar-refractivity contribution in [3.05, 3.63) is 181 Å². The average Bonchev–Trinajstić information content (AvgIpc) is 3.81. The largest absolute Gasteiger partial charge is 0.454 e. The molecule has 2 aromatic heterocycles. The van der Waals surface area contributed by atoms with Crippen molar-refractivity contribution in [2.24, 2.45) is 0 Å². The third-order valence-electron chi connectivity index (χ3n) is 13.1. The molecular formula is C58H46N2O. The molecule has 0 N–H and O–H groups in total. The molecule has 0 saturated heterocycles. The molecule has 0 unspecified atom stereocenters. The van der Waals surface area contributed by atoms with Crippen molar-refractivity contribution in [1.29, 1.82) is 0 Å². The molecule has 0 spiro atoms. The Morgan fingerprint density at radius 1 is 0.410 bits per heavy atom. The van der Waals surface area contributed by atoms with E-state index in [9.17, 15) is 0 Å². The minimum Gasteiger partial charge on any atom is -0.454 e. The zero-order chi connectivity index (χ0) is 41.4. The molecule has 0 atom stereocenters. The topological polar surface area (TPSA) is 21.3 Å². The molecule has 0 radical (unpaired) electrons. The number of benzene rings is 9. The van der Waals surface area contributed by atoms with Gasteiger partial charge in [0.25, 0.3) is 0 Å². The molecule has 11 aromatic rings. The third-order valence-corrected chi connectivity index (χ3v) is 13.1. The Balaban J connectivity index is 0.991. The van der Waals surface area contributed by atoms with E-state index in [-0.39, 0.29) is 10.8 Å². The summed E-state index contributed by atoms with van der Waals surface area (Å²) in [7, 11) is 0. The third kappa shape index (κ3) is 5.43. The van der Waals surface area contributed by atoms with Crippen molar-refractivity contribution in [3.63, 3.8) is 0 Å². The standard InChI is InChI=1S/C58H46N2O/c1-57(2,3)39-33-50-45-19-14-22-54(56(45)61-55(50)51(34-39)58(4,5)6)59(40-15-8-7-9-16-40)41-25-23-35-29-46-47-30-36-24-26-42(28-38(36)32-49(47)48(46)31-37(35)27-41)60-52-20-12-10-17-43(52)44-18-11-13-21-53(44)60/h7-34H,1-6H3. The minimum absolute atomic E-state index is 0.00186. The summed E-state index contributed by atoms with van der Waals surface area (Å²) in [5, 5.41) is 9.81. The zero-order valence-corrected chi connectivity index (χ0v) is 35.5. The van der Waals surface area contributed by atoms with Crippen molar-refractivity contribution < 1.29 is 4.42 Å². The van der Waals surface area contributed by atoms with Crippen LogP contribution in [0.3, 0.4) is 0 Å². The first kappa shape index (κ1) is 35.8. The zero-order valence-electron chi connectivity index (χ0n) is 35.5. The highest BCUT2D eigenvalue weighted by Gasteiger charge is 2.28. The minimum atomic E-state index is -0.0912. The molecule has 0 bridgehead atoms. The number of hydrogen-bond acceptors (Lipinski definition) is 2. The van der Waals surface area contributed by atoms with Crippen LogP contribution in [0.4, 0.5) is 17.1 Å². The van der Waals surface area contributed by atoms with Crippen LogP contribution in [0, 0.1) is 0 Å². The predicted octanol–water partition coefficient (Wildman–Crippen LogP) is 16.7. The van der Waals surface area contributed by atoms with Gasteiger partial charge in [0.2, 0.25) is 0 Å². The molecule has 0 aliphatic heterocycles. The highest BCUT2D eigenvalue weighted by molar-refractivity contribution is 6.14. The van der Waals surface area contributed by atoms with Gasteiger partial charge >= 0.3 is 0 Å². The van der Waals surface area contributed by atoms with E-state index in [0.717, 1.165) is 33.6 Å². The smallest absolute Gasteiger partial charge is 0.159 e. The van der Waals surface area contributed by atoms with Crippen LogP contribution in [-0.4, -0.2) is 4.57 Å². The molecule has 1 aliphatic carbocycles. The number of furan rings is 1. The van der Waals surface area contributed by atoms with Crippen LogP contribution in [0.5, 0.6) is 0 Å². The fraction of sp³-hybridized carbons (Fsp3) is 0.138. The van der Waals surface area contributed by atoms with Crippen molar-refractivity contribution in [2.75, 3.05) is 4.90 Å². The number of hydrogen-bond donors (Lipinski definition) is 0. The summed E-state index contributed by atoms with van der Waals surface area (Å²) in [5.41, 5.74) is 16.4. The molecular weight excluding hydrogens is 741 g/mol. The van der Waals surface area contributed by atoms with E-state index in [0.29, 0.717) is 0 Å². The van der Waals surface area contributed by atoms with Gasteiger partial charge in [-0.25, -0.2) is 0 Å². The van der Waals surface area contributed by atoms with E-state index in [1.165, 1.54) is 87.8 Å². The molecule has 1 aliphatic rings. The maximum Gasteiger partial charge on any atom is 0.159 e. The quantitative estimate of drug-likeness (QED) is 0.177. The summed E-state index contributed by atoms with van der Waals surface area (Å²) >= 11 is 0. The van der Waals surface area contributed by atoms with Crippen LogP contribution in [0.15, 0.2) is 174 Å². The Hall–Kier alpha value is -7.10. The molecule has 12 rings (SSSR count). The average molecular weight is 787 g/mol. The van der Waals surface area contributed by atoms with Crippen molar-refractivity contribution in [3.8, 4) is 27.9 Å². The van der Waals surface area contributed by atoms with Crippen LogP contribution in [0.2, 0.25) is 0 Å². The Labute approximate surface area is 356 Å². The van der Waals surface area contributed by atoms with Crippen molar-refractivity contribution >= 4 is 82.4 Å². The molecule has 0 saturated carbocycles.